The molecule has 0 radical (unpaired) electrons. The topological polar surface area (TPSA) is 94.2 Å². The molecule has 0 aromatic heterocycles. The van der Waals surface area contributed by atoms with Crippen LogP contribution in [0, 0.1) is 11.8 Å². The minimum absolute atomic E-state index is 0.108. The SMILES string of the molecule is COc1ccc(COC(=O)[C@H]2C[C@@H]2[C@]2(CC(c3ccccc3)c3ccccc3)NC(=O)N(Cc3ccc(OC)cc3)C2=O)cc1. The number of nitrogens with zero attached hydrogens (tertiary/aromatic N) is 1. The van der Waals surface area contributed by atoms with E-state index in [0.29, 0.717) is 18.6 Å². The van der Waals surface area contributed by atoms with Crippen LogP contribution in [0.1, 0.15) is 41.0 Å². The molecule has 1 saturated heterocycles. The zero-order valence-electron chi connectivity index (χ0n) is 25.3. The lowest BCUT2D eigenvalue weighted by molar-refractivity contribution is -0.147. The molecule has 1 aliphatic carbocycles. The Morgan fingerprint density at radius 1 is 0.800 bits per heavy atom. The fraction of sp³-hybridized carbons (Fsp3) is 0.270. The number of carbonyl (C=O) groups is 3. The van der Waals surface area contributed by atoms with Crippen LogP contribution in [0.2, 0.25) is 0 Å². The molecule has 2 aliphatic rings. The first kappa shape index (κ1) is 29.9. The number of amides is 3. The first-order chi connectivity index (χ1) is 21.9. The molecule has 45 heavy (non-hydrogen) atoms. The van der Waals surface area contributed by atoms with Gasteiger partial charge in [0.1, 0.15) is 23.6 Å². The number of benzene rings is 4. The van der Waals surface area contributed by atoms with Gasteiger partial charge in [-0.05, 0) is 59.4 Å². The highest BCUT2D eigenvalue weighted by Crippen LogP contribution is 2.53. The summed E-state index contributed by atoms with van der Waals surface area (Å²) in [6.45, 7) is 0.219. The van der Waals surface area contributed by atoms with Crippen LogP contribution < -0.4 is 14.8 Å². The third kappa shape index (κ3) is 6.27. The van der Waals surface area contributed by atoms with Crippen molar-refractivity contribution in [1.29, 1.82) is 0 Å². The Hall–Kier alpha value is -5.11. The average molecular weight is 605 g/mol. The van der Waals surface area contributed by atoms with Gasteiger partial charge in [-0.15, -0.1) is 0 Å². The Kier molecular flexibility index (Phi) is 8.56. The maximum Gasteiger partial charge on any atom is 0.325 e. The summed E-state index contributed by atoms with van der Waals surface area (Å²) in [5.41, 5.74) is 2.39. The maximum absolute atomic E-state index is 14.5. The van der Waals surface area contributed by atoms with E-state index in [4.69, 9.17) is 14.2 Å². The van der Waals surface area contributed by atoms with Crippen molar-refractivity contribution in [3.05, 3.63) is 131 Å². The number of rotatable bonds is 12. The van der Waals surface area contributed by atoms with Crippen LogP contribution in [0.5, 0.6) is 11.5 Å². The van der Waals surface area contributed by atoms with Gasteiger partial charge >= 0.3 is 12.0 Å². The predicted octanol–water partition coefficient (Wildman–Crippen LogP) is 6.10. The summed E-state index contributed by atoms with van der Waals surface area (Å²) in [5.74, 6) is -0.413. The Morgan fingerprint density at radius 3 is 1.87 bits per heavy atom. The van der Waals surface area contributed by atoms with Crippen LogP contribution in [0.15, 0.2) is 109 Å². The number of carbonyl (C=O) groups excluding carboxylic acids is 3. The monoisotopic (exact) mass is 604 g/mol. The van der Waals surface area contributed by atoms with E-state index in [2.05, 4.69) is 5.32 Å². The number of urea groups is 1. The van der Waals surface area contributed by atoms with E-state index in [1.807, 2.05) is 97.1 Å². The molecule has 6 rings (SSSR count). The smallest absolute Gasteiger partial charge is 0.325 e. The molecule has 3 atom stereocenters. The molecule has 8 nitrogen and oxygen atoms in total. The van der Waals surface area contributed by atoms with Crippen LogP contribution >= 0.6 is 0 Å². The summed E-state index contributed by atoms with van der Waals surface area (Å²) in [5, 5.41) is 3.10. The zero-order chi connectivity index (χ0) is 31.4. The number of hydrogen-bond donors (Lipinski definition) is 1. The van der Waals surface area contributed by atoms with E-state index < -0.39 is 23.4 Å². The fourth-order valence-corrected chi connectivity index (χ4v) is 6.35. The summed E-state index contributed by atoms with van der Waals surface area (Å²) >= 11 is 0. The predicted molar refractivity (Wildman–Crippen MR) is 169 cm³/mol. The molecule has 3 amide bonds. The second-order valence-electron chi connectivity index (χ2n) is 11.6. The lowest BCUT2D eigenvalue weighted by Crippen LogP contribution is -2.51. The summed E-state index contributed by atoms with van der Waals surface area (Å²) < 4.78 is 16.2. The Bertz CT molecular complexity index is 1600. The van der Waals surface area contributed by atoms with Crippen LogP contribution in [0.4, 0.5) is 4.79 Å². The van der Waals surface area contributed by atoms with Gasteiger partial charge in [-0.3, -0.25) is 14.5 Å². The number of methoxy groups -OCH3 is 2. The fourth-order valence-electron chi connectivity index (χ4n) is 6.35. The van der Waals surface area contributed by atoms with Crippen molar-refractivity contribution in [2.75, 3.05) is 14.2 Å². The standard InChI is InChI=1S/C37H36N2O6/c1-43-29-17-13-25(14-18-29)23-39-35(41)37(38-36(39)42,22-32(27-9-5-3-6-10-27)28-11-7-4-8-12-28)33-21-31(33)34(40)45-24-26-15-19-30(44-2)20-16-26/h3-20,31-33H,21-24H2,1-2H3,(H,38,42)/t31-,33-,37-/m0/s1. The lowest BCUT2D eigenvalue weighted by atomic mass is 9.76. The number of hydrogen-bond acceptors (Lipinski definition) is 6. The molecule has 0 bridgehead atoms. The van der Waals surface area contributed by atoms with E-state index in [0.717, 1.165) is 28.0 Å². The minimum atomic E-state index is -1.29. The average Bonchev–Trinajstić information content (AvgIpc) is 3.87. The van der Waals surface area contributed by atoms with Crippen LogP contribution in [-0.2, 0) is 27.5 Å². The van der Waals surface area contributed by atoms with E-state index >= 15 is 0 Å². The highest BCUT2D eigenvalue weighted by molar-refractivity contribution is 6.08. The molecule has 1 aliphatic heterocycles. The minimum Gasteiger partial charge on any atom is -0.497 e. The van der Waals surface area contributed by atoms with Gasteiger partial charge in [-0.2, -0.15) is 0 Å². The molecule has 8 heteroatoms. The summed E-state index contributed by atoms with van der Waals surface area (Å²) in [6.07, 6.45) is 0.748. The Labute approximate surface area is 262 Å². The van der Waals surface area contributed by atoms with Gasteiger partial charge in [-0.1, -0.05) is 84.9 Å². The van der Waals surface area contributed by atoms with Crippen molar-refractivity contribution in [1.82, 2.24) is 10.2 Å². The number of ether oxygens (including phenoxy) is 3. The highest BCUT2D eigenvalue weighted by atomic mass is 16.5. The van der Waals surface area contributed by atoms with Crippen molar-refractivity contribution in [2.24, 2.45) is 11.8 Å². The number of nitrogens with one attached hydrogen (secondary N) is 1. The van der Waals surface area contributed by atoms with Gasteiger partial charge in [0.2, 0.25) is 0 Å². The second-order valence-corrected chi connectivity index (χ2v) is 11.6. The second kappa shape index (κ2) is 12.9. The van der Waals surface area contributed by atoms with Crippen molar-refractivity contribution >= 4 is 17.9 Å². The molecule has 2 fully saturated rings. The third-order valence-electron chi connectivity index (χ3n) is 8.90. The van der Waals surface area contributed by atoms with Gasteiger partial charge in [0.15, 0.2) is 0 Å². The molecule has 0 spiro atoms. The van der Waals surface area contributed by atoms with Crippen molar-refractivity contribution in [3.63, 3.8) is 0 Å². The van der Waals surface area contributed by atoms with Gasteiger partial charge < -0.3 is 19.5 Å². The molecule has 1 N–H and O–H groups in total. The quantitative estimate of drug-likeness (QED) is 0.155. The van der Waals surface area contributed by atoms with Crippen molar-refractivity contribution in [2.45, 2.75) is 37.5 Å². The third-order valence-corrected chi connectivity index (χ3v) is 8.90. The van der Waals surface area contributed by atoms with Crippen LogP contribution in [0.25, 0.3) is 0 Å². The lowest BCUT2D eigenvalue weighted by Gasteiger charge is -2.32. The van der Waals surface area contributed by atoms with Crippen molar-refractivity contribution < 1.29 is 28.6 Å². The zero-order valence-corrected chi connectivity index (χ0v) is 25.3. The summed E-state index contributed by atoms with van der Waals surface area (Å²) in [4.78, 5) is 42.7. The Morgan fingerprint density at radius 2 is 1.33 bits per heavy atom. The van der Waals surface area contributed by atoms with Crippen molar-refractivity contribution in [3.8, 4) is 11.5 Å². The van der Waals surface area contributed by atoms with E-state index in [-0.39, 0.29) is 30.9 Å². The van der Waals surface area contributed by atoms with E-state index in [9.17, 15) is 14.4 Å². The van der Waals surface area contributed by atoms with Crippen LogP contribution in [0.3, 0.4) is 0 Å². The largest absolute Gasteiger partial charge is 0.497 e. The molecule has 230 valence electrons. The molecule has 1 saturated carbocycles. The summed E-state index contributed by atoms with van der Waals surface area (Å²) in [7, 11) is 3.18. The molecule has 4 aromatic carbocycles. The van der Waals surface area contributed by atoms with Gasteiger partial charge in [0, 0.05) is 11.8 Å². The number of esters is 1. The van der Waals surface area contributed by atoms with Gasteiger partial charge in [0.05, 0.1) is 26.7 Å². The molecule has 0 unspecified atom stereocenters. The molecule has 1 heterocycles. The molecular weight excluding hydrogens is 568 g/mol. The molecule has 4 aromatic rings. The first-order valence-electron chi connectivity index (χ1n) is 15.1. The summed E-state index contributed by atoms with van der Waals surface area (Å²) in [6, 6.07) is 34.1. The van der Waals surface area contributed by atoms with E-state index in [1.54, 1.807) is 26.4 Å². The molecular formula is C37H36N2O6. The van der Waals surface area contributed by atoms with Gasteiger partial charge in [-0.25, -0.2) is 4.79 Å². The van der Waals surface area contributed by atoms with Gasteiger partial charge in [0.25, 0.3) is 5.91 Å². The van der Waals surface area contributed by atoms with E-state index in [1.165, 1.54) is 4.90 Å². The highest BCUT2D eigenvalue weighted by Gasteiger charge is 2.65. The Balaban J connectivity index is 1.29. The maximum atomic E-state index is 14.5. The normalized spacial score (nSPS) is 20.6. The number of imide groups is 1. The first-order valence-corrected chi connectivity index (χ1v) is 15.1. The van der Waals surface area contributed by atoms with Crippen LogP contribution in [-0.4, -0.2) is 42.6 Å².